The van der Waals surface area contributed by atoms with Crippen LogP contribution in [0.1, 0.15) is 0 Å². The first-order valence-electron chi connectivity index (χ1n) is 11.7. The number of fused-ring (bicyclic) bond motifs is 1. The van der Waals surface area contributed by atoms with Gasteiger partial charge in [-0.2, -0.15) is 0 Å². The summed E-state index contributed by atoms with van der Waals surface area (Å²) in [7, 11) is -9.83. The molecule has 0 fully saturated rings. The van der Waals surface area contributed by atoms with Crippen LogP contribution < -0.4 is 0 Å². The van der Waals surface area contributed by atoms with Crippen LogP contribution in [0.2, 0.25) is 0 Å². The first-order chi connectivity index (χ1) is 19.8. The summed E-state index contributed by atoms with van der Waals surface area (Å²) in [5.41, 5.74) is 5.18. The molecular formula is C28H20O8S6. The van der Waals surface area contributed by atoms with Gasteiger partial charge in [0.25, 0.3) is 8.38 Å². The summed E-state index contributed by atoms with van der Waals surface area (Å²) in [5, 5.41) is 7.12. The molecule has 0 unspecified atom stereocenters. The zero-order valence-electron chi connectivity index (χ0n) is 21.2. The largest absolute Gasteiger partial charge is 0.726 e. The quantitative estimate of drug-likeness (QED) is 0.107. The molecular weight excluding hydrogens is 657 g/mol. The normalized spacial score (nSPS) is 11.2. The maximum atomic E-state index is 8.63. The van der Waals surface area contributed by atoms with Crippen LogP contribution in [0.25, 0.3) is 51.2 Å². The topological polar surface area (TPSA) is 155 Å². The molecule has 4 aromatic carbocycles. The van der Waals surface area contributed by atoms with E-state index in [1.807, 2.05) is 45.3 Å². The fourth-order valence-electron chi connectivity index (χ4n) is 3.72. The zero-order chi connectivity index (χ0) is 30.3. The second-order valence-corrected chi connectivity index (χ2v) is 14.4. The number of benzene rings is 4. The van der Waals surface area contributed by atoms with E-state index in [1.54, 1.807) is 0 Å². The highest BCUT2D eigenvalue weighted by Crippen LogP contribution is 2.41. The van der Waals surface area contributed by atoms with Crippen LogP contribution in [0.5, 0.6) is 0 Å². The van der Waals surface area contributed by atoms with Crippen LogP contribution in [0.15, 0.2) is 108 Å². The summed E-state index contributed by atoms with van der Waals surface area (Å²) in [4.78, 5) is 2.66. The standard InChI is InChI=1S/C28H18S4.2H2O4S/c1-3-7-19(8-4-1)25-17-29-27(31-25)23-13-11-22-16-24(14-12-21(22)15-23)28-30-18-26(32-28)20-9-5-2-6-10-20;2*1-5(2,3)4/h1-18H;2*(H2,1,2,3,4)/q+2;;/p-2. The second-order valence-electron chi connectivity index (χ2n) is 8.34. The fourth-order valence-corrected chi connectivity index (χ4v) is 8.23. The Bertz CT molecular complexity index is 1840. The minimum atomic E-state index is -4.92. The minimum absolute atomic E-state index is 1.29. The second kappa shape index (κ2) is 14.0. The molecule has 0 aliphatic rings. The Morgan fingerprint density at radius 3 is 1.19 bits per heavy atom. The van der Waals surface area contributed by atoms with Crippen molar-refractivity contribution in [1.29, 1.82) is 0 Å². The van der Waals surface area contributed by atoms with Gasteiger partial charge in [0.1, 0.15) is 10.8 Å². The molecule has 0 aliphatic carbocycles. The van der Waals surface area contributed by atoms with Gasteiger partial charge in [-0.15, -0.1) is 0 Å². The van der Waals surface area contributed by atoms with Crippen molar-refractivity contribution in [2.45, 2.75) is 0 Å². The number of hydrogen-bond donors (Lipinski definition) is 2. The Kier molecular flexibility index (Phi) is 10.6. The molecule has 0 spiro atoms. The molecule has 2 aromatic heterocycles. The molecule has 2 heterocycles. The van der Waals surface area contributed by atoms with Gasteiger partial charge in [-0.25, -0.2) is 16.8 Å². The highest BCUT2D eigenvalue weighted by atomic mass is 32.3. The maximum absolute atomic E-state index is 8.63. The molecule has 0 bridgehead atoms. The fraction of sp³-hybridized carbons (Fsp3) is 0. The lowest BCUT2D eigenvalue weighted by Crippen LogP contribution is -1.90. The summed E-state index contributed by atoms with van der Waals surface area (Å²) < 4.78 is 68.4. The number of hydrogen-bond acceptors (Lipinski definition) is 8. The Hall–Kier alpha value is -3.02. The molecule has 0 aliphatic heterocycles. The smallest absolute Gasteiger partial charge is 0.285 e. The summed E-state index contributed by atoms with van der Waals surface area (Å²) in [6, 6.07) is 35.0. The molecule has 2 N–H and O–H groups in total. The van der Waals surface area contributed by atoms with Crippen LogP contribution in [0, 0.1) is 0 Å². The molecule has 8 nitrogen and oxygen atoms in total. The van der Waals surface area contributed by atoms with E-state index < -0.39 is 20.8 Å². The van der Waals surface area contributed by atoms with Crippen LogP contribution in [-0.2, 0) is 20.8 Å². The number of rotatable bonds is 4. The summed E-state index contributed by atoms with van der Waals surface area (Å²) in [5.74, 6) is 0. The van der Waals surface area contributed by atoms with Crippen molar-refractivity contribution < 1.29 is 35.0 Å². The molecule has 0 saturated carbocycles. The van der Waals surface area contributed by atoms with Crippen molar-refractivity contribution in [2.75, 3.05) is 0 Å². The van der Waals surface area contributed by atoms with Crippen molar-refractivity contribution in [2.24, 2.45) is 0 Å². The van der Waals surface area contributed by atoms with E-state index >= 15 is 0 Å². The van der Waals surface area contributed by atoms with E-state index in [-0.39, 0.29) is 0 Å². The first-order valence-corrected chi connectivity index (χ1v) is 17.8. The summed E-state index contributed by atoms with van der Waals surface area (Å²) >= 11 is 7.40. The van der Waals surface area contributed by atoms with Gasteiger partial charge in [0, 0.05) is 22.3 Å². The van der Waals surface area contributed by atoms with E-state index in [4.69, 9.17) is 35.0 Å². The zero-order valence-corrected chi connectivity index (χ0v) is 26.1. The molecule has 216 valence electrons. The van der Waals surface area contributed by atoms with E-state index in [2.05, 4.69) is 108 Å². The molecule has 0 radical (unpaired) electrons. The van der Waals surface area contributed by atoms with Crippen LogP contribution in [-0.4, -0.2) is 35.0 Å². The molecule has 42 heavy (non-hydrogen) atoms. The lowest BCUT2D eigenvalue weighted by Gasteiger charge is -2.00. The molecule has 0 atom stereocenters. The summed E-state index contributed by atoms with van der Waals surface area (Å²) in [6.45, 7) is 0. The monoisotopic (exact) mass is 676 g/mol. The van der Waals surface area contributed by atoms with Gasteiger partial charge >= 0.3 is 0 Å². The highest BCUT2D eigenvalue weighted by molar-refractivity contribution is 7.80. The first kappa shape index (κ1) is 31.9. The van der Waals surface area contributed by atoms with Gasteiger partial charge in [0.05, 0.1) is 45.3 Å². The Morgan fingerprint density at radius 1 is 0.524 bits per heavy atom. The predicted octanol–water partition coefficient (Wildman–Crippen LogP) is 8.33. The van der Waals surface area contributed by atoms with Crippen LogP contribution in [0.4, 0.5) is 0 Å². The average molecular weight is 677 g/mol. The van der Waals surface area contributed by atoms with Gasteiger partial charge in [-0.3, -0.25) is 9.11 Å². The van der Waals surface area contributed by atoms with E-state index in [0.717, 1.165) is 0 Å². The van der Waals surface area contributed by atoms with Crippen molar-refractivity contribution in [3.8, 4) is 40.4 Å². The minimum Gasteiger partial charge on any atom is -0.726 e. The van der Waals surface area contributed by atoms with Crippen molar-refractivity contribution in [3.63, 3.8) is 0 Å². The molecule has 0 amide bonds. The highest BCUT2D eigenvalue weighted by Gasteiger charge is 2.20. The molecule has 0 saturated heterocycles. The Balaban J connectivity index is 0.000000352. The lowest BCUT2D eigenvalue weighted by molar-refractivity contribution is 0.363. The Morgan fingerprint density at radius 2 is 0.857 bits per heavy atom. The molecule has 14 heteroatoms. The van der Waals surface area contributed by atoms with Crippen molar-refractivity contribution in [1.82, 2.24) is 0 Å². The van der Waals surface area contributed by atoms with Gasteiger partial charge < -0.3 is 9.11 Å². The third-order valence-corrected chi connectivity index (χ3v) is 10.4. The summed E-state index contributed by atoms with van der Waals surface area (Å²) in [6.07, 6.45) is 0. The van der Waals surface area contributed by atoms with Gasteiger partial charge in [-0.1, -0.05) is 72.8 Å². The van der Waals surface area contributed by atoms with Gasteiger partial charge in [0.15, 0.2) is 9.75 Å². The maximum Gasteiger partial charge on any atom is 0.285 e. The Labute approximate surface area is 258 Å². The van der Waals surface area contributed by atoms with Crippen molar-refractivity contribution >= 4 is 76.9 Å². The van der Waals surface area contributed by atoms with E-state index in [0.29, 0.717) is 0 Å². The third-order valence-electron chi connectivity index (χ3n) is 5.38. The van der Waals surface area contributed by atoms with E-state index in [9.17, 15) is 0 Å². The van der Waals surface area contributed by atoms with E-state index in [1.165, 1.54) is 51.2 Å². The van der Waals surface area contributed by atoms with Crippen molar-refractivity contribution in [3.05, 3.63) is 108 Å². The predicted molar refractivity (Wildman–Crippen MR) is 171 cm³/mol. The molecule has 6 rings (SSSR count). The average Bonchev–Trinajstić information content (AvgIpc) is 3.63. The van der Waals surface area contributed by atoms with Gasteiger partial charge in [-0.05, 0) is 35.0 Å². The van der Waals surface area contributed by atoms with Gasteiger partial charge in [0.2, 0.25) is 20.8 Å². The lowest BCUT2D eigenvalue weighted by atomic mass is 10.1. The van der Waals surface area contributed by atoms with Crippen LogP contribution >= 0.6 is 45.3 Å². The molecule has 6 aromatic rings. The van der Waals surface area contributed by atoms with Crippen LogP contribution in [0.3, 0.4) is 0 Å². The SMILES string of the molecule is O=S(=O)([O-])O.O=S(=O)([O-])O.c1ccc(-c2c[s+]c(-c3ccc4cc(-c5sc(-c6ccccc6)c[s+]5)ccc4c3)s2)cc1. The third kappa shape index (κ3) is 10.1.